The van der Waals surface area contributed by atoms with Crippen LogP contribution >= 0.6 is 0 Å². The van der Waals surface area contributed by atoms with Crippen molar-refractivity contribution < 1.29 is 21.2 Å². The number of anilines is 1. The SMILES string of the molecule is [Cl-].c1ccc(-c2nc(NCc3ccco3)c3oc4ccccc4c3n2)cc1. The number of benzene rings is 2. The van der Waals surface area contributed by atoms with Crippen molar-refractivity contribution in [3.63, 3.8) is 0 Å². The second kappa shape index (κ2) is 7.13. The minimum Gasteiger partial charge on any atom is -1.00 e. The third-order valence-electron chi connectivity index (χ3n) is 4.26. The molecule has 3 heterocycles. The average Bonchev–Trinajstić information content (AvgIpc) is 3.34. The number of hydrogen-bond acceptors (Lipinski definition) is 5. The number of furan rings is 2. The first-order valence-corrected chi connectivity index (χ1v) is 8.39. The van der Waals surface area contributed by atoms with E-state index in [4.69, 9.17) is 18.8 Å². The predicted molar refractivity (Wildman–Crippen MR) is 101 cm³/mol. The van der Waals surface area contributed by atoms with Crippen LogP contribution in [-0.2, 0) is 6.54 Å². The molecular weight excluding hydrogens is 362 g/mol. The van der Waals surface area contributed by atoms with Crippen molar-refractivity contribution in [2.24, 2.45) is 0 Å². The zero-order chi connectivity index (χ0) is 17.3. The van der Waals surface area contributed by atoms with E-state index in [1.54, 1.807) is 6.26 Å². The molecule has 0 aliphatic heterocycles. The van der Waals surface area contributed by atoms with E-state index in [0.29, 0.717) is 23.8 Å². The highest BCUT2D eigenvalue weighted by Crippen LogP contribution is 2.33. The first-order chi connectivity index (χ1) is 12.9. The lowest BCUT2D eigenvalue weighted by molar-refractivity contribution is -0.00000612. The highest BCUT2D eigenvalue weighted by molar-refractivity contribution is 6.06. The maximum absolute atomic E-state index is 6.03. The molecule has 0 saturated heterocycles. The molecule has 27 heavy (non-hydrogen) atoms. The van der Waals surface area contributed by atoms with Gasteiger partial charge in [-0.3, -0.25) is 0 Å². The Balaban J connectivity index is 0.00000180. The van der Waals surface area contributed by atoms with Crippen LogP contribution in [0.5, 0.6) is 0 Å². The number of nitrogens with zero attached hydrogens (tertiary/aromatic N) is 2. The van der Waals surface area contributed by atoms with Gasteiger partial charge in [0.05, 0.1) is 12.8 Å². The van der Waals surface area contributed by atoms with E-state index in [1.807, 2.05) is 66.7 Å². The lowest BCUT2D eigenvalue weighted by Gasteiger charge is -2.07. The maximum atomic E-state index is 6.03. The van der Waals surface area contributed by atoms with E-state index in [2.05, 4.69) is 5.32 Å². The molecule has 0 amide bonds. The van der Waals surface area contributed by atoms with Crippen molar-refractivity contribution in [2.45, 2.75) is 6.54 Å². The summed E-state index contributed by atoms with van der Waals surface area (Å²) >= 11 is 0. The van der Waals surface area contributed by atoms with Gasteiger partial charge in [0, 0.05) is 10.9 Å². The molecule has 5 nitrogen and oxygen atoms in total. The molecule has 0 fully saturated rings. The van der Waals surface area contributed by atoms with Gasteiger partial charge in [-0.15, -0.1) is 0 Å². The van der Waals surface area contributed by atoms with E-state index in [-0.39, 0.29) is 12.4 Å². The normalized spacial score (nSPS) is 10.8. The van der Waals surface area contributed by atoms with E-state index in [1.165, 1.54) is 0 Å². The number of hydrogen-bond donors (Lipinski definition) is 1. The molecule has 0 aliphatic carbocycles. The third kappa shape index (κ3) is 3.13. The monoisotopic (exact) mass is 376 g/mol. The van der Waals surface area contributed by atoms with Gasteiger partial charge in [-0.25, -0.2) is 9.97 Å². The van der Waals surface area contributed by atoms with Crippen molar-refractivity contribution in [1.29, 1.82) is 0 Å². The summed E-state index contributed by atoms with van der Waals surface area (Å²) in [6, 6.07) is 21.6. The highest BCUT2D eigenvalue weighted by Gasteiger charge is 2.16. The van der Waals surface area contributed by atoms with Gasteiger partial charge in [0.25, 0.3) is 0 Å². The van der Waals surface area contributed by atoms with Crippen LogP contribution in [0.3, 0.4) is 0 Å². The summed E-state index contributed by atoms with van der Waals surface area (Å²) in [7, 11) is 0. The smallest absolute Gasteiger partial charge is 0.196 e. The molecule has 0 bridgehead atoms. The van der Waals surface area contributed by atoms with Gasteiger partial charge in [-0.1, -0.05) is 42.5 Å². The van der Waals surface area contributed by atoms with Gasteiger partial charge in [0.2, 0.25) is 0 Å². The molecule has 0 spiro atoms. The fraction of sp³-hybridized carbons (Fsp3) is 0.0476. The average molecular weight is 377 g/mol. The first kappa shape index (κ1) is 17.1. The fourth-order valence-electron chi connectivity index (χ4n) is 3.01. The molecule has 0 unspecified atom stereocenters. The summed E-state index contributed by atoms with van der Waals surface area (Å²) < 4.78 is 11.4. The minimum atomic E-state index is 0. The molecule has 3 aromatic heterocycles. The lowest BCUT2D eigenvalue weighted by atomic mass is 10.2. The third-order valence-corrected chi connectivity index (χ3v) is 4.26. The zero-order valence-corrected chi connectivity index (χ0v) is 15.0. The summed E-state index contributed by atoms with van der Waals surface area (Å²) in [5, 5.41) is 4.30. The van der Waals surface area contributed by atoms with Crippen molar-refractivity contribution in [1.82, 2.24) is 9.97 Å². The summed E-state index contributed by atoms with van der Waals surface area (Å²) in [5.41, 5.74) is 3.21. The Bertz CT molecular complexity index is 1180. The Hall–Kier alpha value is -3.31. The number of nitrogens with one attached hydrogen (secondary N) is 1. The highest BCUT2D eigenvalue weighted by atomic mass is 35.5. The van der Waals surface area contributed by atoms with Crippen LogP contribution < -0.4 is 17.7 Å². The van der Waals surface area contributed by atoms with Crippen LogP contribution in [0.25, 0.3) is 33.5 Å². The molecule has 0 aliphatic rings. The van der Waals surface area contributed by atoms with Gasteiger partial charge < -0.3 is 26.6 Å². The number of halogens is 1. The molecule has 5 rings (SSSR count). The largest absolute Gasteiger partial charge is 1.00 e. The van der Waals surface area contributed by atoms with Gasteiger partial charge in [0.1, 0.15) is 16.9 Å². The lowest BCUT2D eigenvalue weighted by Crippen LogP contribution is -3.00. The van der Waals surface area contributed by atoms with Gasteiger partial charge in [-0.05, 0) is 24.3 Å². The molecule has 134 valence electrons. The van der Waals surface area contributed by atoms with Crippen LogP contribution in [0.15, 0.2) is 81.8 Å². The molecule has 6 heteroatoms. The Morgan fingerprint density at radius 2 is 1.67 bits per heavy atom. The Morgan fingerprint density at radius 3 is 2.48 bits per heavy atom. The summed E-state index contributed by atoms with van der Waals surface area (Å²) in [4.78, 5) is 9.48. The molecule has 2 aromatic carbocycles. The molecule has 5 aromatic rings. The fourth-order valence-corrected chi connectivity index (χ4v) is 3.01. The van der Waals surface area contributed by atoms with Crippen LogP contribution in [0.4, 0.5) is 5.82 Å². The van der Waals surface area contributed by atoms with Crippen molar-refractivity contribution in [3.8, 4) is 11.4 Å². The van der Waals surface area contributed by atoms with Gasteiger partial charge in [-0.2, -0.15) is 0 Å². The molecule has 0 saturated carbocycles. The molecule has 1 N–H and O–H groups in total. The van der Waals surface area contributed by atoms with Gasteiger partial charge in [0.15, 0.2) is 17.2 Å². The topological polar surface area (TPSA) is 64.1 Å². The van der Waals surface area contributed by atoms with Crippen molar-refractivity contribution >= 4 is 27.9 Å². The second-order valence-electron chi connectivity index (χ2n) is 5.97. The van der Waals surface area contributed by atoms with E-state index < -0.39 is 0 Å². The maximum Gasteiger partial charge on any atom is 0.196 e. The molecule has 0 radical (unpaired) electrons. The van der Waals surface area contributed by atoms with Crippen molar-refractivity contribution in [2.75, 3.05) is 5.32 Å². The number of rotatable bonds is 4. The summed E-state index contributed by atoms with van der Waals surface area (Å²) in [5.74, 6) is 2.14. The van der Waals surface area contributed by atoms with Crippen LogP contribution in [0.2, 0.25) is 0 Å². The van der Waals surface area contributed by atoms with Crippen LogP contribution in [-0.4, -0.2) is 9.97 Å². The predicted octanol–water partition coefficient (Wildman–Crippen LogP) is 2.25. The van der Waals surface area contributed by atoms with Gasteiger partial charge >= 0.3 is 0 Å². The summed E-state index contributed by atoms with van der Waals surface area (Å²) in [6.45, 7) is 0.518. The quantitative estimate of drug-likeness (QED) is 0.521. The second-order valence-corrected chi connectivity index (χ2v) is 5.97. The van der Waals surface area contributed by atoms with E-state index in [0.717, 1.165) is 27.8 Å². The van der Waals surface area contributed by atoms with Crippen LogP contribution in [0.1, 0.15) is 5.76 Å². The first-order valence-electron chi connectivity index (χ1n) is 8.39. The summed E-state index contributed by atoms with van der Waals surface area (Å²) in [6.07, 6.45) is 1.66. The molecule has 0 atom stereocenters. The number of aromatic nitrogens is 2. The number of para-hydroxylation sites is 1. The zero-order valence-electron chi connectivity index (χ0n) is 14.2. The van der Waals surface area contributed by atoms with E-state index >= 15 is 0 Å². The molecular formula is C21H15ClN3O2-. The number of fused-ring (bicyclic) bond motifs is 3. The van der Waals surface area contributed by atoms with Crippen LogP contribution in [0, 0.1) is 0 Å². The Morgan fingerprint density at radius 1 is 0.852 bits per heavy atom. The van der Waals surface area contributed by atoms with Crippen molar-refractivity contribution in [3.05, 3.63) is 78.8 Å². The Kier molecular flexibility index (Phi) is 4.52. The minimum absolute atomic E-state index is 0. The standard InChI is InChI=1S/C21H15N3O2.ClH/c1-2-7-14(8-3-1)20-23-18-16-10-4-5-11-17(16)26-19(18)21(24-20)22-13-15-9-6-12-25-15;/h1-12H,13H2,(H,22,23,24);1H/p-1. The Labute approximate surface area is 161 Å². The van der Waals surface area contributed by atoms with E-state index in [9.17, 15) is 0 Å².